The molecule has 0 bridgehead atoms. The molecule has 0 aromatic carbocycles. The van der Waals surface area contributed by atoms with Gasteiger partial charge in [-0.15, -0.1) is 12.1 Å². The van der Waals surface area contributed by atoms with Crippen molar-refractivity contribution in [3.05, 3.63) is 30.1 Å². The summed E-state index contributed by atoms with van der Waals surface area (Å²) in [5.74, 6) is -0.997. The molecule has 1 heterocycles. The number of carboxylic acid groups (broad SMARTS) is 1. The maximum Gasteiger partial charge on any atom is 0.249 e. The summed E-state index contributed by atoms with van der Waals surface area (Å²) < 4.78 is 0. The minimum atomic E-state index is -0.997. The maximum atomic E-state index is 10.1. The molecule has 3 nitrogen and oxygen atoms in total. The van der Waals surface area contributed by atoms with Gasteiger partial charge in [-0.25, -0.2) is 0 Å². The number of aromatic carboxylic acids is 1. The van der Waals surface area contributed by atoms with Crippen LogP contribution >= 0.6 is 0 Å². The van der Waals surface area contributed by atoms with E-state index in [0.717, 1.165) is 0 Å². The molecule has 0 atom stereocenters. The molecule has 1 aromatic rings. The van der Waals surface area contributed by atoms with Crippen LogP contribution < -0.4 is 0 Å². The van der Waals surface area contributed by atoms with E-state index in [-0.39, 0.29) is 38.3 Å². The molecule has 0 aliphatic heterocycles. The standard InChI is InChI=1S/C6H4NO2.Y/c8-6(9)5-2-1-3-7-4-5;/h1,3-4H,(H,8,9);/q-1;. The molecule has 0 amide bonds. The average molecular weight is 211 g/mol. The maximum absolute atomic E-state index is 10.1. The van der Waals surface area contributed by atoms with E-state index in [4.69, 9.17) is 5.11 Å². The Kier molecular flexibility index (Phi) is 4.40. The van der Waals surface area contributed by atoms with Crippen LogP contribution in [0.25, 0.3) is 0 Å². The fraction of sp³-hybridized carbons (Fsp3) is 0. The van der Waals surface area contributed by atoms with Crippen molar-refractivity contribution >= 4 is 5.97 Å². The second kappa shape index (κ2) is 4.53. The molecule has 0 unspecified atom stereocenters. The minimum Gasteiger partial charge on any atom is -0.521 e. The Balaban J connectivity index is 0.000000810. The first-order chi connectivity index (χ1) is 4.30. The van der Waals surface area contributed by atoms with Gasteiger partial charge in [0.1, 0.15) is 0 Å². The number of aromatic nitrogens is 1. The topological polar surface area (TPSA) is 50.2 Å². The zero-order valence-electron chi connectivity index (χ0n) is 5.11. The van der Waals surface area contributed by atoms with Crippen molar-refractivity contribution in [2.24, 2.45) is 0 Å². The fourth-order valence-electron chi connectivity index (χ4n) is 0.442. The van der Waals surface area contributed by atoms with Gasteiger partial charge in [-0.2, -0.15) is 0 Å². The van der Waals surface area contributed by atoms with Crippen molar-refractivity contribution in [2.75, 3.05) is 0 Å². The first-order valence-corrected chi connectivity index (χ1v) is 2.35. The molecule has 1 aromatic heterocycles. The van der Waals surface area contributed by atoms with Crippen LogP contribution in [-0.4, -0.2) is 16.1 Å². The zero-order valence-corrected chi connectivity index (χ0v) is 7.95. The number of carbonyl (C=O) groups is 1. The van der Waals surface area contributed by atoms with E-state index < -0.39 is 5.97 Å². The van der Waals surface area contributed by atoms with Gasteiger partial charge in [-0.05, 0) is 5.56 Å². The molecule has 1 N–H and O–H groups in total. The van der Waals surface area contributed by atoms with Gasteiger partial charge in [0.15, 0.2) is 0 Å². The average Bonchev–Trinajstić information content (AvgIpc) is 1.90. The monoisotopic (exact) mass is 211 g/mol. The van der Waals surface area contributed by atoms with E-state index >= 15 is 0 Å². The molecule has 0 fully saturated rings. The number of pyridine rings is 1. The van der Waals surface area contributed by atoms with Gasteiger partial charge >= 0.3 is 0 Å². The fourth-order valence-corrected chi connectivity index (χ4v) is 0.442. The second-order valence-electron chi connectivity index (χ2n) is 1.46. The summed E-state index contributed by atoms with van der Waals surface area (Å²) in [5, 5.41) is 8.31. The Bertz CT molecular complexity index is 212. The number of hydrogen-bond acceptors (Lipinski definition) is 2. The summed E-state index contributed by atoms with van der Waals surface area (Å²) in [6, 6.07) is 3.97. The molecule has 10 heavy (non-hydrogen) atoms. The first kappa shape index (κ1) is 9.72. The molecule has 0 saturated carbocycles. The van der Waals surface area contributed by atoms with Crippen LogP contribution in [-0.2, 0) is 32.7 Å². The van der Waals surface area contributed by atoms with Crippen molar-refractivity contribution in [1.29, 1.82) is 0 Å². The molecule has 0 spiro atoms. The smallest absolute Gasteiger partial charge is 0.249 e. The van der Waals surface area contributed by atoms with E-state index in [1.165, 1.54) is 18.5 Å². The molecule has 49 valence electrons. The third-order valence-electron chi connectivity index (χ3n) is 0.833. The van der Waals surface area contributed by atoms with E-state index in [9.17, 15) is 4.79 Å². The zero-order chi connectivity index (χ0) is 6.69. The van der Waals surface area contributed by atoms with Crippen LogP contribution in [0.4, 0.5) is 0 Å². The van der Waals surface area contributed by atoms with Crippen molar-refractivity contribution in [1.82, 2.24) is 4.98 Å². The van der Waals surface area contributed by atoms with Crippen LogP contribution in [0.15, 0.2) is 18.5 Å². The third-order valence-corrected chi connectivity index (χ3v) is 0.833. The molecule has 0 saturated heterocycles. The van der Waals surface area contributed by atoms with Crippen molar-refractivity contribution < 1.29 is 42.6 Å². The van der Waals surface area contributed by atoms with Gasteiger partial charge < -0.3 is 14.9 Å². The largest absolute Gasteiger partial charge is 0.521 e. The van der Waals surface area contributed by atoms with Crippen molar-refractivity contribution in [2.45, 2.75) is 0 Å². The van der Waals surface area contributed by atoms with Gasteiger partial charge in [0.05, 0.1) is 0 Å². The summed E-state index contributed by atoms with van der Waals surface area (Å²) >= 11 is 0. The number of carboxylic acids is 1. The molecule has 0 aliphatic rings. The van der Waals surface area contributed by atoms with Crippen LogP contribution in [0.2, 0.25) is 0 Å². The van der Waals surface area contributed by atoms with Crippen LogP contribution in [0, 0.1) is 6.07 Å². The Morgan fingerprint density at radius 2 is 2.40 bits per heavy atom. The summed E-state index contributed by atoms with van der Waals surface area (Å²) in [6.45, 7) is 0. The molecule has 4 heteroatoms. The predicted octanol–water partition coefficient (Wildman–Crippen LogP) is 0.577. The molecule has 0 aliphatic carbocycles. The van der Waals surface area contributed by atoms with Gasteiger partial charge in [-0.3, -0.25) is 0 Å². The summed E-state index contributed by atoms with van der Waals surface area (Å²) in [6.07, 6.45) is 2.73. The van der Waals surface area contributed by atoms with E-state index in [2.05, 4.69) is 11.1 Å². The predicted molar refractivity (Wildman–Crippen MR) is 30.0 cm³/mol. The third kappa shape index (κ3) is 2.54. The Morgan fingerprint density at radius 3 is 2.70 bits per heavy atom. The molecular formula is C6H4NO2Y-. The van der Waals surface area contributed by atoms with Crippen LogP contribution in [0.3, 0.4) is 0 Å². The van der Waals surface area contributed by atoms with Gasteiger partial charge in [0, 0.05) is 32.7 Å². The van der Waals surface area contributed by atoms with Crippen molar-refractivity contribution in [3.8, 4) is 0 Å². The minimum absolute atomic E-state index is 0. The number of rotatable bonds is 1. The SMILES string of the molecule is O=C(O)c1[c-]ccnc1.[Y]. The number of hydrogen-bond donors (Lipinski definition) is 1. The van der Waals surface area contributed by atoms with Gasteiger partial charge in [-0.1, -0.05) is 12.4 Å². The molecular weight excluding hydrogens is 207 g/mol. The Hall–Kier alpha value is -0.276. The summed E-state index contributed by atoms with van der Waals surface area (Å²) in [4.78, 5) is 13.7. The first-order valence-electron chi connectivity index (χ1n) is 2.35. The second-order valence-corrected chi connectivity index (χ2v) is 1.46. The van der Waals surface area contributed by atoms with E-state index in [0.29, 0.717) is 0 Å². The Morgan fingerprint density at radius 1 is 1.70 bits per heavy atom. The van der Waals surface area contributed by atoms with Crippen LogP contribution in [0.1, 0.15) is 10.4 Å². The van der Waals surface area contributed by atoms with Crippen molar-refractivity contribution in [3.63, 3.8) is 0 Å². The van der Waals surface area contributed by atoms with Gasteiger partial charge in [0.2, 0.25) is 5.97 Å². The quantitative estimate of drug-likeness (QED) is 0.691. The van der Waals surface area contributed by atoms with E-state index in [1.807, 2.05) is 0 Å². The van der Waals surface area contributed by atoms with Crippen LogP contribution in [0.5, 0.6) is 0 Å². The van der Waals surface area contributed by atoms with Gasteiger partial charge in [0.25, 0.3) is 0 Å². The normalized spacial score (nSPS) is 8.00. The molecule has 1 rings (SSSR count). The Labute approximate surface area is 83.4 Å². The van der Waals surface area contributed by atoms with E-state index in [1.54, 1.807) is 0 Å². The number of nitrogens with zero attached hydrogens (tertiary/aromatic N) is 1. The molecule has 1 radical (unpaired) electrons. The summed E-state index contributed by atoms with van der Waals surface area (Å²) in [7, 11) is 0. The summed E-state index contributed by atoms with van der Waals surface area (Å²) in [5.41, 5.74) is 0.0949.